The van der Waals surface area contributed by atoms with Crippen molar-refractivity contribution >= 4 is 17.4 Å². The molecule has 0 aliphatic carbocycles. The highest BCUT2D eigenvalue weighted by atomic mass is 15.1. The van der Waals surface area contributed by atoms with E-state index in [1.54, 1.807) is 6.20 Å². The topological polar surface area (TPSA) is 63.1 Å². The number of hydrogen-bond donors (Lipinski definition) is 1. The Morgan fingerprint density at radius 3 is 2.76 bits per heavy atom. The average molecular weight is 224 g/mol. The van der Waals surface area contributed by atoms with Crippen LogP contribution < -0.4 is 5.73 Å². The van der Waals surface area contributed by atoms with E-state index >= 15 is 0 Å². The van der Waals surface area contributed by atoms with Gasteiger partial charge in [0.1, 0.15) is 5.84 Å². The fraction of sp³-hybridized carbons (Fsp3) is 0.154. The predicted molar refractivity (Wildman–Crippen MR) is 69.3 cm³/mol. The average Bonchev–Trinajstić information content (AvgIpc) is 2.71. The van der Waals surface area contributed by atoms with Gasteiger partial charge in [-0.05, 0) is 5.56 Å². The highest BCUT2D eigenvalue weighted by Crippen LogP contribution is 2.14. The van der Waals surface area contributed by atoms with Gasteiger partial charge >= 0.3 is 0 Å². The maximum absolute atomic E-state index is 5.71. The van der Waals surface area contributed by atoms with Gasteiger partial charge in [-0.15, -0.1) is 0 Å². The first kappa shape index (κ1) is 9.96. The van der Waals surface area contributed by atoms with Crippen LogP contribution in [0.5, 0.6) is 0 Å². The normalized spacial score (nSPS) is 17.9. The molecule has 4 nitrogen and oxygen atoms in total. The minimum Gasteiger partial charge on any atom is -0.400 e. The zero-order valence-corrected chi connectivity index (χ0v) is 9.30. The molecule has 0 bridgehead atoms. The Labute approximate surface area is 99.3 Å². The van der Waals surface area contributed by atoms with E-state index in [1.165, 1.54) is 5.56 Å². The van der Waals surface area contributed by atoms with Crippen LogP contribution in [-0.4, -0.2) is 17.4 Å². The molecule has 0 unspecified atom stereocenters. The number of hydrogen-bond acceptors (Lipinski definition) is 4. The molecule has 2 heterocycles. The number of nitrogens with zero attached hydrogens (tertiary/aromatic N) is 3. The van der Waals surface area contributed by atoms with Crippen molar-refractivity contribution in [3.63, 3.8) is 0 Å². The third-order valence-corrected chi connectivity index (χ3v) is 2.69. The van der Waals surface area contributed by atoms with E-state index in [2.05, 4.69) is 27.1 Å². The van der Waals surface area contributed by atoms with Gasteiger partial charge < -0.3 is 5.73 Å². The number of aliphatic imine (C=N–C) groups is 3. The molecule has 0 fully saturated rings. The maximum Gasteiger partial charge on any atom is 0.176 e. The van der Waals surface area contributed by atoms with Gasteiger partial charge in [0.25, 0.3) is 0 Å². The van der Waals surface area contributed by atoms with Gasteiger partial charge in [-0.2, -0.15) is 0 Å². The number of fused-ring (bicyclic) bond motifs is 1. The Hall–Kier alpha value is -2.23. The first-order valence-corrected chi connectivity index (χ1v) is 5.53. The molecule has 2 N–H and O–H groups in total. The summed E-state index contributed by atoms with van der Waals surface area (Å²) in [6, 6.07) is 10.2. The summed E-state index contributed by atoms with van der Waals surface area (Å²) in [5.74, 6) is 1.53. The summed E-state index contributed by atoms with van der Waals surface area (Å²) in [7, 11) is 0. The lowest BCUT2D eigenvalue weighted by atomic mass is 10.1. The smallest absolute Gasteiger partial charge is 0.176 e. The highest BCUT2D eigenvalue weighted by Gasteiger charge is 2.20. The van der Waals surface area contributed by atoms with E-state index in [0.29, 0.717) is 12.3 Å². The number of benzene rings is 1. The van der Waals surface area contributed by atoms with Gasteiger partial charge in [-0.3, -0.25) is 0 Å². The molecule has 0 aromatic heterocycles. The molecule has 0 saturated carbocycles. The van der Waals surface area contributed by atoms with Crippen LogP contribution in [0.15, 0.2) is 57.2 Å². The van der Waals surface area contributed by atoms with E-state index < -0.39 is 0 Å². The first-order valence-electron chi connectivity index (χ1n) is 5.53. The predicted octanol–water partition coefficient (Wildman–Crippen LogP) is 1.68. The summed E-state index contributed by atoms with van der Waals surface area (Å²) in [5.41, 5.74) is 8.54. The van der Waals surface area contributed by atoms with Gasteiger partial charge in [0.15, 0.2) is 5.84 Å². The summed E-state index contributed by atoms with van der Waals surface area (Å²) in [5, 5.41) is 0. The highest BCUT2D eigenvalue weighted by molar-refractivity contribution is 6.48. The minimum atomic E-state index is 0.653. The molecule has 1 aromatic rings. The van der Waals surface area contributed by atoms with Crippen LogP contribution in [0.1, 0.15) is 12.0 Å². The van der Waals surface area contributed by atoms with E-state index in [9.17, 15) is 0 Å². The number of rotatable bonds is 2. The fourth-order valence-electron chi connectivity index (χ4n) is 1.88. The summed E-state index contributed by atoms with van der Waals surface area (Å²) < 4.78 is 0. The molecular weight excluding hydrogens is 212 g/mol. The van der Waals surface area contributed by atoms with Crippen LogP contribution >= 0.6 is 0 Å². The largest absolute Gasteiger partial charge is 0.400 e. The van der Waals surface area contributed by atoms with Crippen molar-refractivity contribution in [2.24, 2.45) is 20.7 Å². The molecule has 2 aliphatic rings. The third-order valence-electron chi connectivity index (χ3n) is 2.69. The van der Waals surface area contributed by atoms with Crippen LogP contribution in [0, 0.1) is 0 Å². The maximum atomic E-state index is 5.71. The quantitative estimate of drug-likeness (QED) is 0.816. The lowest BCUT2D eigenvalue weighted by Gasteiger charge is -2.04. The van der Waals surface area contributed by atoms with Crippen LogP contribution in [-0.2, 0) is 6.42 Å². The molecule has 17 heavy (non-hydrogen) atoms. The zero-order chi connectivity index (χ0) is 11.7. The monoisotopic (exact) mass is 224 g/mol. The fourth-order valence-corrected chi connectivity index (χ4v) is 1.88. The van der Waals surface area contributed by atoms with Crippen LogP contribution in [0.25, 0.3) is 0 Å². The lowest BCUT2D eigenvalue weighted by Crippen LogP contribution is -2.16. The Morgan fingerprint density at radius 1 is 1.12 bits per heavy atom. The standard InChI is InChI=1S/C13H12N4/c14-10-7-11-13(15-8-10)17-12(16-11)6-9-4-2-1-3-5-9/h1-5,8H,6-7,14H2. The molecule has 0 radical (unpaired) electrons. The second-order valence-electron chi connectivity index (χ2n) is 4.08. The van der Waals surface area contributed by atoms with Crippen molar-refractivity contribution < 1.29 is 0 Å². The number of allylic oxidation sites excluding steroid dienone is 1. The van der Waals surface area contributed by atoms with Crippen molar-refractivity contribution in [1.82, 2.24) is 0 Å². The molecule has 3 rings (SSSR count). The molecule has 0 saturated heterocycles. The van der Waals surface area contributed by atoms with Gasteiger partial charge in [-0.25, -0.2) is 15.0 Å². The summed E-state index contributed by atoms with van der Waals surface area (Å²) in [4.78, 5) is 13.0. The molecule has 84 valence electrons. The molecule has 0 spiro atoms. The Balaban J connectivity index is 1.81. The SMILES string of the molecule is NC1=CN=C2N=C(Cc3ccccc3)N=C2C1. The Kier molecular flexibility index (Phi) is 2.33. The number of amidine groups is 2. The molecule has 0 atom stereocenters. The van der Waals surface area contributed by atoms with Crippen molar-refractivity contribution in [2.75, 3.05) is 0 Å². The van der Waals surface area contributed by atoms with Gasteiger partial charge in [0, 0.05) is 24.7 Å². The molecule has 2 aliphatic heterocycles. The number of nitrogens with two attached hydrogens (primary N) is 1. The van der Waals surface area contributed by atoms with E-state index in [1.807, 2.05) is 18.2 Å². The zero-order valence-electron chi connectivity index (χ0n) is 9.30. The third kappa shape index (κ3) is 2.01. The van der Waals surface area contributed by atoms with Crippen molar-refractivity contribution in [3.05, 3.63) is 47.8 Å². The summed E-state index contributed by atoms with van der Waals surface area (Å²) >= 11 is 0. The second kappa shape index (κ2) is 3.97. The van der Waals surface area contributed by atoms with E-state index in [0.717, 1.165) is 23.7 Å². The van der Waals surface area contributed by atoms with Gasteiger partial charge in [-0.1, -0.05) is 30.3 Å². The molecule has 1 aromatic carbocycles. The first-order chi connectivity index (χ1) is 8.31. The molecular formula is C13H12N4. The Bertz CT molecular complexity index is 564. The Morgan fingerprint density at radius 2 is 1.94 bits per heavy atom. The minimum absolute atomic E-state index is 0.653. The van der Waals surface area contributed by atoms with Crippen molar-refractivity contribution in [1.29, 1.82) is 0 Å². The van der Waals surface area contributed by atoms with E-state index in [-0.39, 0.29) is 0 Å². The molecule has 0 amide bonds. The second-order valence-corrected chi connectivity index (χ2v) is 4.08. The lowest BCUT2D eigenvalue weighted by molar-refractivity contribution is 1.17. The van der Waals surface area contributed by atoms with Crippen LogP contribution in [0.3, 0.4) is 0 Å². The van der Waals surface area contributed by atoms with Crippen molar-refractivity contribution in [2.45, 2.75) is 12.8 Å². The van der Waals surface area contributed by atoms with E-state index in [4.69, 9.17) is 5.73 Å². The summed E-state index contributed by atoms with van der Waals surface area (Å²) in [6.45, 7) is 0. The van der Waals surface area contributed by atoms with Gasteiger partial charge in [0.05, 0.1) is 5.71 Å². The molecule has 4 heteroatoms. The van der Waals surface area contributed by atoms with Crippen LogP contribution in [0.2, 0.25) is 0 Å². The summed E-state index contributed by atoms with van der Waals surface area (Å²) in [6.07, 6.45) is 3.05. The van der Waals surface area contributed by atoms with Crippen molar-refractivity contribution in [3.8, 4) is 0 Å². The van der Waals surface area contributed by atoms with Crippen LogP contribution in [0.4, 0.5) is 0 Å². The van der Waals surface area contributed by atoms with Gasteiger partial charge in [0.2, 0.25) is 0 Å².